The van der Waals surface area contributed by atoms with Gasteiger partial charge in [-0.2, -0.15) is 0 Å². The van der Waals surface area contributed by atoms with Crippen LogP contribution in [-0.2, 0) is 0 Å². The van der Waals surface area contributed by atoms with Gasteiger partial charge in [-0.15, -0.1) is 0 Å². The highest BCUT2D eigenvalue weighted by Crippen LogP contribution is 2.15. The van der Waals surface area contributed by atoms with Crippen molar-refractivity contribution in [3.05, 3.63) is 0 Å². The van der Waals surface area contributed by atoms with E-state index in [9.17, 15) is 0 Å². The van der Waals surface area contributed by atoms with Gasteiger partial charge in [0.05, 0.1) is 0 Å². The molecular weight excluding hydrogens is 360 g/mol. The predicted octanol–water partition coefficient (Wildman–Crippen LogP) is 2.19. The molecule has 6 heteroatoms. The van der Waals surface area contributed by atoms with Crippen LogP contribution in [0.1, 0.15) is 79.1 Å². The summed E-state index contributed by atoms with van der Waals surface area (Å²) in [6.45, 7) is 17.3. The van der Waals surface area contributed by atoms with Crippen LogP contribution in [0, 0.1) is 5.92 Å². The lowest BCUT2D eigenvalue weighted by Crippen LogP contribution is -2.53. The summed E-state index contributed by atoms with van der Waals surface area (Å²) in [7, 11) is 0. The van der Waals surface area contributed by atoms with E-state index in [1.807, 2.05) is 0 Å². The van der Waals surface area contributed by atoms with Crippen molar-refractivity contribution in [3.63, 3.8) is 0 Å². The van der Waals surface area contributed by atoms with Gasteiger partial charge in [0.25, 0.3) is 0 Å². The van der Waals surface area contributed by atoms with Crippen LogP contribution in [0.25, 0.3) is 0 Å². The molecule has 0 heterocycles. The second-order valence-corrected chi connectivity index (χ2v) is 9.27. The zero-order chi connectivity index (χ0) is 21.8. The van der Waals surface area contributed by atoms with Crippen molar-refractivity contribution < 1.29 is 0 Å². The van der Waals surface area contributed by atoms with Crippen molar-refractivity contribution in [1.29, 1.82) is 0 Å². The molecule has 176 valence electrons. The Labute approximate surface area is 182 Å². The van der Waals surface area contributed by atoms with Crippen LogP contribution in [0.5, 0.6) is 0 Å². The van der Waals surface area contributed by atoms with Gasteiger partial charge in [-0.25, -0.2) is 0 Å². The van der Waals surface area contributed by atoms with E-state index in [4.69, 9.17) is 11.5 Å². The van der Waals surface area contributed by atoms with E-state index in [1.165, 1.54) is 32.1 Å². The van der Waals surface area contributed by atoms with Gasteiger partial charge >= 0.3 is 0 Å². The summed E-state index contributed by atoms with van der Waals surface area (Å²) in [5.41, 5.74) is 11.9. The third-order valence-electron chi connectivity index (χ3n) is 5.70. The molecule has 0 spiro atoms. The minimum Gasteiger partial charge on any atom is -0.330 e. The number of nitrogens with one attached hydrogen (secondary N) is 4. The van der Waals surface area contributed by atoms with Crippen molar-refractivity contribution in [1.82, 2.24) is 21.3 Å². The fourth-order valence-electron chi connectivity index (χ4n) is 3.23. The van der Waals surface area contributed by atoms with Crippen LogP contribution >= 0.6 is 0 Å². The second kappa shape index (κ2) is 19.7. The van der Waals surface area contributed by atoms with Crippen molar-refractivity contribution in [3.8, 4) is 0 Å². The van der Waals surface area contributed by atoms with Gasteiger partial charge in [-0.05, 0) is 117 Å². The van der Waals surface area contributed by atoms with Crippen molar-refractivity contribution in [2.24, 2.45) is 17.4 Å². The Balaban J connectivity index is 3.49. The summed E-state index contributed by atoms with van der Waals surface area (Å²) >= 11 is 0. The fraction of sp³-hybridized carbons (Fsp3) is 1.00. The molecule has 0 saturated heterocycles. The van der Waals surface area contributed by atoms with Crippen LogP contribution in [-0.4, -0.2) is 63.9 Å². The molecule has 0 aromatic heterocycles. The zero-order valence-corrected chi connectivity index (χ0v) is 20.1. The Kier molecular flexibility index (Phi) is 19.5. The van der Waals surface area contributed by atoms with Gasteiger partial charge in [0.1, 0.15) is 0 Å². The first-order valence-electron chi connectivity index (χ1n) is 12.2. The first-order chi connectivity index (χ1) is 13.9. The van der Waals surface area contributed by atoms with E-state index in [1.54, 1.807) is 0 Å². The Morgan fingerprint density at radius 2 is 1.21 bits per heavy atom. The Bertz CT molecular complexity index is 335. The average Bonchev–Trinajstić information content (AvgIpc) is 2.67. The van der Waals surface area contributed by atoms with E-state index in [0.29, 0.717) is 6.04 Å². The van der Waals surface area contributed by atoms with Gasteiger partial charge < -0.3 is 32.7 Å². The molecule has 0 aliphatic carbocycles. The normalized spacial score (nSPS) is 15.0. The van der Waals surface area contributed by atoms with E-state index in [0.717, 1.165) is 77.5 Å². The van der Waals surface area contributed by atoms with Crippen LogP contribution < -0.4 is 32.7 Å². The predicted molar refractivity (Wildman–Crippen MR) is 129 cm³/mol. The highest BCUT2D eigenvalue weighted by molar-refractivity contribution is 4.89. The number of hydrogen-bond donors (Lipinski definition) is 6. The van der Waals surface area contributed by atoms with E-state index in [-0.39, 0.29) is 5.54 Å². The number of unbranched alkanes of at least 4 members (excludes halogenated alkanes) is 2. The first kappa shape index (κ1) is 28.8. The molecule has 0 aliphatic heterocycles. The average molecular weight is 415 g/mol. The molecule has 0 rings (SSSR count). The van der Waals surface area contributed by atoms with E-state index < -0.39 is 0 Å². The maximum Gasteiger partial charge on any atom is 0.0278 e. The molecule has 8 N–H and O–H groups in total. The lowest BCUT2D eigenvalue weighted by molar-refractivity contribution is 0.305. The highest BCUT2D eigenvalue weighted by Gasteiger charge is 2.25. The molecule has 0 aromatic rings. The first-order valence-corrected chi connectivity index (χ1v) is 12.2. The number of hydrogen-bond acceptors (Lipinski definition) is 6. The smallest absolute Gasteiger partial charge is 0.0278 e. The van der Waals surface area contributed by atoms with Gasteiger partial charge in [0.15, 0.2) is 0 Å². The molecule has 29 heavy (non-hydrogen) atoms. The maximum absolute atomic E-state index is 6.57. The minimum absolute atomic E-state index is 0.137. The number of rotatable bonds is 22. The van der Waals surface area contributed by atoms with E-state index in [2.05, 4.69) is 49.0 Å². The molecule has 1 unspecified atom stereocenters. The topological polar surface area (TPSA) is 100 Å². The Morgan fingerprint density at radius 3 is 1.79 bits per heavy atom. The lowest BCUT2D eigenvalue weighted by atomic mass is 9.88. The van der Waals surface area contributed by atoms with Crippen molar-refractivity contribution >= 4 is 0 Å². The summed E-state index contributed by atoms with van der Waals surface area (Å²) in [5, 5.41) is 14.1. The molecule has 0 aliphatic rings. The Hall–Kier alpha value is -0.240. The standard InChI is InChI=1S/C23H54N6/c1-21(2)11-20-28-14-6-5-12-23(4,25)22(3)29-19-10-18-27-16-8-7-15-26-17-9-13-24/h21-22,26-29H,5-20,24-25H2,1-4H3/t22?,23-/m0/s1. The number of nitrogens with two attached hydrogens (primary N) is 2. The fourth-order valence-corrected chi connectivity index (χ4v) is 3.23. The summed E-state index contributed by atoms with van der Waals surface area (Å²) in [6.07, 6.45) is 9.41. The van der Waals surface area contributed by atoms with Crippen LogP contribution in [0.2, 0.25) is 0 Å². The zero-order valence-electron chi connectivity index (χ0n) is 20.1. The molecule has 6 nitrogen and oxygen atoms in total. The van der Waals surface area contributed by atoms with E-state index >= 15 is 0 Å². The largest absolute Gasteiger partial charge is 0.330 e. The summed E-state index contributed by atoms with van der Waals surface area (Å²) in [4.78, 5) is 0. The summed E-state index contributed by atoms with van der Waals surface area (Å²) in [6, 6.07) is 0.344. The molecule has 0 aromatic carbocycles. The molecular formula is C23H54N6. The Morgan fingerprint density at radius 1 is 0.690 bits per heavy atom. The summed E-state index contributed by atoms with van der Waals surface area (Å²) in [5.74, 6) is 0.783. The van der Waals surface area contributed by atoms with Crippen molar-refractivity contribution in [2.45, 2.75) is 90.6 Å². The van der Waals surface area contributed by atoms with Crippen LogP contribution in [0.4, 0.5) is 0 Å². The molecule has 0 radical (unpaired) electrons. The van der Waals surface area contributed by atoms with Gasteiger partial charge in [0.2, 0.25) is 0 Å². The monoisotopic (exact) mass is 414 g/mol. The van der Waals surface area contributed by atoms with Gasteiger partial charge in [-0.3, -0.25) is 0 Å². The third kappa shape index (κ3) is 19.5. The third-order valence-corrected chi connectivity index (χ3v) is 5.70. The molecule has 0 saturated carbocycles. The molecule has 0 bridgehead atoms. The maximum atomic E-state index is 6.57. The van der Waals surface area contributed by atoms with Crippen molar-refractivity contribution in [2.75, 3.05) is 52.4 Å². The van der Waals surface area contributed by atoms with Gasteiger partial charge in [-0.1, -0.05) is 20.3 Å². The molecule has 0 amide bonds. The quantitative estimate of drug-likeness (QED) is 0.152. The molecule has 0 fully saturated rings. The second-order valence-electron chi connectivity index (χ2n) is 9.27. The van der Waals surface area contributed by atoms with Crippen LogP contribution in [0.3, 0.4) is 0 Å². The lowest BCUT2D eigenvalue weighted by Gasteiger charge is -2.32. The van der Waals surface area contributed by atoms with Crippen LogP contribution in [0.15, 0.2) is 0 Å². The SMILES string of the molecule is CC(C)CCNCCCC[C@](C)(N)C(C)NCCCNCCCCNCCCN. The molecule has 2 atom stereocenters. The highest BCUT2D eigenvalue weighted by atomic mass is 15.0. The van der Waals surface area contributed by atoms with Gasteiger partial charge in [0, 0.05) is 11.6 Å². The minimum atomic E-state index is -0.137. The summed E-state index contributed by atoms with van der Waals surface area (Å²) < 4.78 is 0.